The van der Waals surface area contributed by atoms with E-state index in [1.54, 1.807) is 6.26 Å². The van der Waals surface area contributed by atoms with Crippen LogP contribution in [0, 0.1) is 0 Å². The Labute approximate surface area is 125 Å². The van der Waals surface area contributed by atoms with Crippen LogP contribution in [0.4, 0.5) is 0 Å². The third-order valence-corrected chi connectivity index (χ3v) is 5.64. The Hall–Kier alpha value is -1.59. The lowest BCUT2D eigenvalue weighted by molar-refractivity contribution is 0.179. The first kappa shape index (κ1) is 14.4. The van der Waals surface area contributed by atoms with Crippen LogP contribution in [0.25, 0.3) is 0 Å². The van der Waals surface area contributed by atoms with E-state index in [9.17, 15) is 8.42 Å². The van der Waals surface area contributed by atoms with E-state index in [0.29, 0.717) is 18.7 Å². The van der Waals surface area contributed by atoms with Gasteiger partial charge in [0, 0.05) is 12.6 Å². The summed E-state index contributed by atoms with van der Waals surface area (Å²) in [4.78, 5) is 2.21. The first-order chi connectivity index (χ1) is 10.1. The lowest BCUT2D eigenvalue weighted by Gasteiger charge is -2.27. The highest BCUT2D eigenvalue weighted by Gasteiger charge is 2.32. The second-order valence-corrected chi connectivity index (χ2v) is 7.76. The van der Waals surface area contributed by atoms with Crippen molar-refractivity contribution >= 4 is 9.84 Å². The van der Waals surface area contributed by atoms with Crippen LogP contribution in [0.1, 0.15) is 17.7 Å². The van der Waals surface area contributed by atoms with Crippen LogP contribution >= 0.6 is 0 Å². The second kappa shape index (κ2) is 6.03. The van der Waals surface area contributed by atoms with Gasteiger partial charge in [0.15, 0.2) is 9.84 Å². The van der Waals surface area contributed by atoms with Gasteiger partial charge >= 0.3 is 0 Å². The molecule has 112 valence electrons. The third kappa shape index (κ3) is 3.74. The van der Waals surface area contributed by atoms with Crippen molar-refractivity contribution in [3.05, 3.63) is 60.1 Å². The van der Waals surface area contributed by atoms with E-state index in [1.807, 2.05) is 30.3 Å². The monoisotopic (exact) mass is 305 g/mol. The van der Waals surface area contributed by atoms with Gasteiger partial charge in [0.25, 0.3) is 0 Å². The SMILES string of the molecule is O=S1(=O)CC[C@@H](N(Cc2ccccc2)Cc2ccco2)C1. The van der Waals surface area contributed by atoms with Crippen LogP contribution in [0.2, 0.25) is 0 Å². The van der Waals surface area contributed by atoms with Crippen LogP contribution in [0.15, 0.2) is 53.1 Å². The maximum atomic E-state index is 11.8. The number of nitrogens with zero attached hydrogens (tertiary/aromatic N) is 1. The van der Waals surface area contributed by atoms with Crippen LogP contribution < -0.4 is 0 Å². The smallest absolute Gasteiger partial charge is 0.151 e. The van der Waals surface area contributed by atoms with E-state index in [0.717, 1.165) is 12.3 Å². The first-order valence-corrected chi connectivity index (χ1v) is 8.95. The number of furan rings is 1. The topological polar surface area (TPSA) is 50.5 Å². The normalized spacial score (nSPS) is 20.9. The third-order valence-electron chi connectivity index (χ3n) is 3.89. The molecule has 0 radical (unpaired) electrons. The fourth-order valence-electron chi connectivity index (χ4n) is 2.80. The van der Waals surface area contributed by atoms with Crippen molar-refractivity contribution in [2.24, 2.45) is 0 Å². The lowest BCUT2D eigenvalue weighted by Crippen LogP contribution is -2.35. The molecule has 1 aliphatic heterocycles. The van der Waals surface area contributed by atoms with Crippen LogP contribution in [-0.4, -0.2) is 30.9 Å². The van der Waals surface area contributed by atoms with E-state index in [-0.39, 0.29) is 11.8 Å². The fourth-order valence-corrected chi connectivity index (χ4v) is 4.56. The largest absolute Gasteiger partial charge is 0.468 e. The predicted octanol–water partition coefficient (Wildman–Crippen LogP) is 2.47. The van der Waals surface area contributed by atoms with Crippen molar-refractivity contribution in [3.8, 4) is 0 Å². The number of sulfone groups is 1. The molecule has 0 N–H and O–H groups in total. The molecule has 0 aliphatic carbocycles. The van der Waals surface area contributed by atoms with Gasteiger partial charge in [0.05, 0.1) is 24.3 Å². The van der Waals surface area contributed by atoms with Crippen molar-refractivity contribution < 1.29 is 12.8 Å². The predicted molar refractivity (Wildman–Crippen MR) is 81.5 cm³/mol. The molecule has 1 aromatic carbocycles. The molecule has 0 amide bonds. The maximum absolute atomic E-state index is 11.8. The zero-order valence-electron chi connectivity index (χ0n) is 11.8. The standard InChI is InChI=1S/C16H19NO3S/c18-21(19)10-8-15(13-21)17(12-16-7-4-9-20-16)11-14-5-2-1-3-6-14/h1-7,9,15H,8,10-13H2/t15-/m1/s1. The van der Waals surface area contributed by atoms with Gasteiger partial charge in [-0.1, -0.05) is 30.3 Å². The van der Waals surface area contributed by atoms with Gasteiger partial charge in [-0.15, -0.1) is 0 Å². The summed E-state index contributed by atoms with van der Waals surface area (Å²) in [7, 11) is -2.88. The van der Waals surface area contributed by atoms with E-state index < -0.39 is 9.84 Å². The molecular formula is C16H19NO3S. The summed E-state index contributed by atoms with van der Waals surface area (Å²) in [5.41, 5.74) is 1.19. The van der Waals surface area contributed by atoms with Crippen LogP contribution in [0.5, 0.6) is 0 Å². The molecule has 5 heteroatoms. The van der Waals surface area contributed by atoms with Gasteiger partial charge in [0.2, 0.25) is 0 Å². The molecule has 1 fully saturated rings. The van der Waals surface area contributed by atoms with Gasteiger partial charge in [0.1, 0.15) is 5.76 Å². The summed E-state index contributed by atoms with van der Waals surface area (Å²) in [5.74, 6) is 1.41. The molecule has 4 nitrogen and oxygen atoms in total. The highest BCUT2D eigenvalue weighted by molar-refractivity contribution is 7.91. The Morgan fingerprint density at radius 1 is 1.10 bits per heavy atom. The van der Waals surface area contributed by atoms with Gasteiger partial charge in [-0.25, -0.2) is 8.42 Å². The van der Waals surface area contributed by atoms with Gasteiger partial charge in [-0.05, 0) is 24.1 Å². The van der Waals surface area contributed by atoms with Crippen molar-refractivity contribution in [1.82, 2.24) is 4.90 Å². The minimum Gasteiger partial charge on any atom is -0.468 e. The van der Waals surface area contributed by atoms with Crippen molar-refractivity contribution in [2.45, 2.75) is 25.6 Å². The fraction of sp³-hybridized carbons (Fsp3) is 0.375. The molecule has 1 aromatic heterocycles. The van der Waals surface area contributed by atoms with Crippen LogP contribution in [-0.2, 0) is 22.9 Å². The van der Waals surface area contributed by atoms with E-state index >= 15 is 0 Å². The Kier molecular flexibility index (Phi) is 4.12. The Bertz CT molecular complexity index is 665. The number of rotatable bonds is 5. The summed E-state index contributed by atoms with van der Waals surface area (Å²) in [6.07, 6.45) is 2.36. The molecular weight excluding hydrogens is 286 g/mol. The highest BCUT2D eigenvalue weighted by atomic mass is 32.2. The molecule has 0 saturated carbocycles. The minimum atomic E-state index is -2.88. The average molecular weight is 305 g/mol. The number of hydrogen-bond donors (Lipinski definition) is 0. The van der Waals surface area contributed by atoms with Gasteiger partial charge in [-0.3, -0.25) is 4.90 Å². The van der Waals surface area contributed by atoms with Crippen LogP contribution in [0.3, 0.4) is 0 Å². The van der Waals surface area contributed by atoms with Gasteiger partial charge < -0.3 is 4.42 Å². The Morgan fingerprint density at radius 3 is 2.52 bits per heavy atom. The lowest BCUT2D eigenvalue weighted by atomic mass is 10.1. The summed E-state index contributed by atoms with van der Waals surface area (Å²) in [5, 5.41) is 0. The Morgan fingerprint density at radius 2 is 1.90 bits per heavy atom. The summed E-state index contributed by atoms with van der Waals surface area (Å²) >= 11 is 0. The molecule has 1 atom stereocenters. The highest BCUT2D eigenvalue weighted by Crippen LogP contribution is 2.22. The summed E-state index contributed by atoms with van der Waals surface area (Å²) in [6, 6.07) is 14.0. The Balaban J connectivity index is 1.77. The molecule has 0 spiro atoms. The molecule has 1 saturated heterocycles. The number of benzene rings is 1. The quantitative estimate of drug-likeness (QED) is 0.851. The van der Waals surface area contributed by atoms with E-state index in [1.165, 1.54) is 5.56 Å². The molecule has 2 heterocycles. The van der Waals surface area contributed by atoms with Crippen molar-refractivity contribution in [3.63, 3.8) is 0 Å². The maximum Gasteiger partial charge on any atom is 0.151 e. The van der Waals surface area contributed by atoms with Gasteiger partial charge in [-0.2, -0.15) is 0 Å². The molecule has 0 unspecified atom stereocenters. The van der Waals surface area contributed by atoms with E-state index in [2.05, 4.69) is 17.0 Å². The number of hydrogen-bond acceptors (Lipinski definition) is 4. The zero-order valence-corrected chi connectivity index (χ0v) is 12.6. The molecule has 0 bridgehead atoms. The molecule has 21 heavy (non-hydrogen) atoms. The second-order valence-electron chi connectivity index (χ2n) is 5.53. The first-order valence-electron chi connectivity index (χ1n) is 7.13. The molecule has 3 rings (SSSR count). The molecule has 1 aliphatic rings. The minimum absolute atomic E-state index is 0.0697. The summed E-state index contributed by atoms with van der Waals surface area (Å²) in [6.45, 7) is 1.38. The molecule has 2 aromatic rings. The van der Waals surface area contributed by atoms with Crippen molar-refractivity contribution in [1.29, 1.82) is 0 Å². The average Bonchev–Trinajstić information content (AvgIpc) is 3.08. The van der Waals surface area contributed by atoms with E-state index in [4.69, 9.17) is 4.42 Å². The zero-order chi connectivity index (χ0) is 14.7. The summed E-state index contributed by atoms with van der Waals surface area (Å²) < 4.78 is 28.9. The van der Waals surface area contributed by atoms with Crippen molar-refractivity contribution in [2.75, 3.05) is 11.5 Å².